The van der Waals surface area contributed by atoms with E-state index in [1.165, 1.54) is 31.5 Å². The quantitative estimate of drug-likeness (QED) is 0.645. The molecule has 2 aromatic rings. The van der Waals surface area contributed by atoms with Gasteiger partial charge in [-0.05, 0) is 51.8 Å². The first kappa shape index (κ1) is 16.0. The summed E-state index contributed by atoms with van der Waals surface area (Å²) < 4.78 is 18.5. The van der Waals surface area contributed by atoms with Crippen molar-refractivity contribution in [3.8, 4) is 11.5 Å². The third-order valence-electron chi connectivity index (χ3n) is 2.74. The number of halogens is 2. The lowest BCUT2D eigenvalue weighted by Crippen LogP contribution is -2.17. The van der Waals surface area contributed by atoms with Crippen LogP contribution in [0.3, 0.4) is 0 Å². The highest BCUT2D eigenvalue weighted by atomic mass is 79.9. The average molecular weight is 367 g/mol. The Morgan fingerprint density at radius 1 is 1.41 bits per heavy atom. The maximum absolute atomic E-state index is 13.0. The predicted molar refractivity (Wildman–Crippen MR) is 83.8 cm³/mol. The van der Waals surface area contributed by atoms with Crippen molar-refractivity contribution >= 4 is 28.1 Å². The number of nitrogens with zero attached hydrogens (tertiary/aromatic N) is 1. The van der Waals surface area contributed by atoms with E-state index in [4.69, 9.17) is 4.74 Å². The normalized spacial score (nSPS) is 10.7. The molecule has 5 nitrogen and oxygen atoms in total. The topological polar surface area (TPSA) is 70.9 Å². The highest BCUT2D eigenvalue weighted by molar-refractivity contribution is 9.10. The molecule has 22 heavy (non-hydrogen) atoms. The van der Waals surface area contributed by atoms with E-state index in [9.17, 15) is 14.3 Å². The number of amides is 1. The van der Waals surface area contributed by atoms with Gasteiger partial charge < -0.3 is 9.84 Å². The minimum Gasteiger partial charge on any atom is -0.503 e. The van der Waals surface area contributed by atoms with Crippen molar-refractivity contribution in [3.05, 3.63) is 57.8 Å². The summed E-state index contributed by atoms with van der Waals surface area (Å²) in [6, 6.07) is 8.45. The Balaban J connectivity index is 2.10. The summed E-state index contributed by atoms with van der Waals surface area (Å²) in [5.74, 6) is -0.778. The van der Waals surface area contributed by atoms with Crippen LogP contribution in [0.2, 0.25) is 0 Å². The molecule has 0 aliphatic heterocycles. The van der Waals surface area contributed by atoms with Gasteiger partial charge in [0.2, 0.25) is 0 Å². The van der Waals surface area contributed by atoms with E-state index in [1.54, 1.807) is 12.1 Å². The second-order valence-electron chi connectivity index (χ2n) is 4.26. The number of methoxy groups -OCH3 is 1. The van der Waals surface area contributed by atoms with Gasteiger partial charge in [0.05, 0.1) is 17.8 Å². The number of nitrogens with one attached hydrogen (secondary N) is 1. The van der Waals surface area contributed by atoms with Gasteiger partial charge in [-0.25, -0.2) is 9.82 Å². The number of hydrazone groups is 1. The van der Waals surface area contributed by atoms with Crippen LogP contribution in [0.5, 0.6) is 11.5 Å². The third kappa shape index (κ3) is 3.82. The van der Waals surface area contributed by atoms with Gasteiger partial charge in [0, 0.05) is 5.56 Å². The Morgan fingerprint density at radius 3 is 2.86 bits per heavy atom. The molecular weight excluding hydrogens is 355 g/mol. The molecule has 2 N–H and O–H groups in total. The van der Waals surface area contributed by atoms with Crippen molar-refractivity contribution in [1.29, 1.82) is 0 Å². The number of rotatable bonds is 4. The number of phenols is 1. The number of carbonyl (C=O) groups excluding carboxylic acids is 1. The van der Waals surface area contributed by atoms with Crippen molar-refractivity contribution in [1.82, 2.24) is 5.43 Å². The third-order valence-corrected chi connectivity index (χ3v) is 3.34. The lowest BCUT2D eigenvalue weighted by atomic mass is 10.2. The second-order valence-corrected chi connectivity index (χ2v) is 5.12. The number of hydrogen-bond acceptors (Lipinski definition) is 4. The molecule has 0 aliphatic rings. The van der Waals surface area contributed by atoms with E-state index in [2.05, 4.69) is 26.5 Å². The second kappa shape index (κ2) is 7.04. The van der Waals surface area contributed by atoms with Gasteiger partial charge in [-0.1, -0.05) is 6.07 Å². The zero-order valence-corrected chi connectivity index (χ0v) is 13.1. The number of hydrogen-bond donors (Lipinski definition) is 2. The first-order chi connectivity index (χ1) is 10.5. The fraction of sp³-hybridized carbons (Fsp3) is 0.0667. The minimum absolute atomic E-state index is 0.0246. The highest BCUT2D eigenvalue weighted by Gasteiger charge is 2.08. The van der Waals surface area contributed by atoms with E-state index in [0.717, 1.165) is 6.07 Å². The Bertz CT molecular complexity index is 735. The first-order valence-corrected chi connectivity index (χ1v) is 6.96. The molecule has 0 radical (unpaired) electrons. The molecule has 0 atom stereocenters. The van der Waals surface area contributed by atoms with Crippen LogP contribution >= 0.6 is 15.9 Å². The molecule has 0 aromatic heterocycles. The lowest BCUT2D eigenvalue weighted by molar-refractivity contribution is 0.0954. The highest BCUT2D eigenvalue weighted by Crippen LogP contribution is 2.34. The standard InChI is InChI=1S/C15H12BrFN2O3/c1-22-13-6-9(5-12(16)14(13)20)8-18-19-15(21)10-3-2-4-11(17)7-10/h2-8,20H,1H3,(H,19,21)/b18-8-. The summed E-state index contributed by atoms with van der Waals surface area (Å²) in [7, 11) is 1.42. The summed E-state index contributed by atoms with van der Waals surface area (Å²) >= 11 is 3.18. The molecule has 0 saturated heterocycles. The van der Waals surface area contributed by atoms with E-state index < -0.39 is 11.7 Å². The molecule has 0 heterocycles. The molecule has 114 valence electrons. The number of aromatic hydroxyl groups is 1. The summed E-state index contributed by atoms with van der Waals surface area (Å²) in [5, 5.41) is 13.5. The van der Waals surface area contributed by atoms with E-state index in [-0.39, 0.29) is 17.1 Å². The maximum atomic E-state index is 13.0. The molecule has 7 heteroatoms. The molecule has 0 bridgehead atoms. The van der Waals surface area contributed by atoms with Gasteiger partial charge >= 0.3 is 0 Å². The summed E-state index contributed by atoms with van der Waals surface area (Å²) in [4.78, 5) is 11.8. The molecule has 2 rings (SSSR count). The predicted octanol–water partition coefficient (Wildman–Crippen LogP) is 3.07. The fourth-order valence-corrected chi connectivity index (χ4v) is 2.14. The van der Waals surface area contributed by atoms with Crippen molar-refractivity contribution in [2.45, 2.75) is 0 Å². The van der Waals surface area contributed by atoms with Crippen molar-refractivity contribution < 1.29 is 19.0 Å². The van der Waals surface area contributed by atoms with Gasteiger partial charge in [0.15, 0.2) is 11.5 Å². The molecule has 2 aromatic carbocycles. The van der Waals surface area contributed by atoms with Crippen molar-refractivity contribution in [3.63, 3.8) is 0 Å². The van der Waals surface area contributed by atoms with Gasteiger partial charge in [-0.15, -0.1) is 0 Å². The first-order valence-electron chi connectivity index (χ1n) is 6.16. The fourth-order valence-electron chi connectivity index (χ4n) is 1.68. The van der Waals surface area contributed by atoms with Crippen LogP contribution in [0.1, 0.15) is 15.9 Å². The largest absolute Gasteiger partial charge is 0.503 e. The van der Waals surface area contributed by atoms with Gasteiger partial charge in [-0.3, -0.25) is 4.79 Å². The smallest absolute Gasteiger partial charge is 0.271 e. The van der Waals surface area contributed by atoms with Crippen LogP contribution in [0.25, 0.3) is 0 Å². The van der Waals surface area contributed by atoms with Crippen molar-refractivity contribution in [2.75, 3.05) is 7.11 Å². The van der Waals surface area contributed by atoms with E-state index in [1.807, 2.05) is 0 Å². The van der Waals surface area contributed by atoms with Crippen LogP contribution in [0.4, 0.5) is 4.39 Å². The van der Waals surface area contributed by atoms with Crippen LogP contribution in [0, 0.1) is 5.82 Å². The van der Waals surface area contributed by atoms with Crippen LogP contribution in [-0.4, -0.2) is 24.3 Å². The SMILES string of the molecule is COc1cc(/C=N\NC(=O)c2cccc(F)c2)cc(Br)c1O. The lowest BCUT2D eigenvalue weighted by Gasteiger charge is -2.06. The van der Waals surface area contributed by atoms with Gasteiger partial charge in [0.25, 0.3) is 5.91 Å². The van der Waals surface area contributed by atoms with E-state index in [0.29, 0.717) is 10.0 Å². The Labute approximate surface area is 134 Å². The Hall–Kier alpha value is -2.41. The van der Waals surface area contributed by atoms with Crippen molar-refractivity contribution in [2.24, 2.45) is 5.10 Å². The number of ether oxygens (including phenoxy) is 1. The molecule has 0 spiro atoms. The molecule has 1 amide bonds. The molecule has 0 fully saturated rings. The minimum atomic E-state index is -0.527. The van der Waals surface area contributed by atoms with E-state index >= 15 is 0 Å². The summed E-state index contributed by atoms with van der Waals surface area (Å²) in [5.41, 5.74) is 3.06. The van der Waals surface area contributed by atoms with Gasteiger partial charge in [0.1, 0.15) is 5.82 Å². The number of phenolic OH excluding ortho intramolecular Hbond substituents is 1. The zero-order chi connectivity index (χ0) is 16.1. The zero-order valence-electron chi connectivity index (χ0n) is 11.5. The average Bonchev–Trinajstić information content (AvgIpc) is 2.50. The van der Waals surface area contributed by atoms with Crippen LogP contribution in [-0.2, 0) is 0 Å². The Morgan fingerprint density at radius 2 is 2.18 bits per heavy atom. The molecule has 0 aliphatic carbocycles. The monoisotopic (exact) mass is 366 g/mol. The van der Waals surface area contributed by atoms with Gasteiger partial charge in [-0.2, -0.15) is 5.10 Å². The maximum Gasteiger partial charge on any atom is 0.271 e. The summed E-state index contributed by atoms with van der Waals surface area (Å²) in [6.07, 6.45) is 1.38. The van der Waals surface area contributed by atoms with Crippen LogP contribution in [0.15, 0.2) is 46.0 Å². The Kier molecular flexibility index (Phi) is 5.11. The molecule has 0 unspecified atom stereocenters. The number of carbonyl (C=O) groups is 1. The molecular formula is C15H12BrFN2O3. The summed E-state index contributed by atoms with van der Waals surface area (Å²) in [6.45, 7) is 0. The van der Waals surface area contributed by atoms with Crippen LogP contribution < -0.4 is 10.2 Å². The molecule has 0 saturated carbocycles. The number of benzene rings is 2.